The van der Waals surface area contributed by atoms with Gasteiger partial charge in [-0.05, 0) is 38.8 Å². The van der Waals surface area contributed by atoms with Crippen molar-refractivity contribution in [3.63, 3.8) is 0 Å². The molecular weight excluding hydrogens is 258 g/mol. The van der Waals surface area contributed by atoms with Crippen molar-refractivity contribution in [3.05, 3.63) is 33.9 Å². The summed E-state index contributed by atoms with van der Waals surface area (Å²) in [5, 5.41) is 23.1. The van der Waals surface area contributed by atoms with Crippen LogP contribution in [0.25, 0.3) is 0 Å². The van der Waals surface area contributed by atoms with E-state index in [1.54, 1.807) is 6.07 Å². The quantitative estimate of drug-likeness (QED) is 0.676. The first kappa shape index (κ1) is 14.3. The molecule has 0 aromatic heterocycles. The van der Waals surface area contributed by atoms with Crippen LogP contribution in [0.4, 0.5) is 11.4 Å². The van der Waals surface area contributed by atoms with E-state index >= 15 is 0 Å². The number of benzene rings is 1. The molecule has 20 heavy (non-hydrogen) atoms. The Balaban J connectivity index is 2.16. The van der Waals surface area contributed by atoms with Crippen molar-refractivity contribution in [3.8, 4) is 6.07 Å². The summed E-state index contributed by atoms with van der Waals surface area (Å²) in [4.78, 5) is 10.4. The van der Waals surface area contributed by atoms with E-state index < -0.39 is 4.92 Å². The van der Waals surface area contributed by atoms with Crippen LogP contribution >= 0.6 is 0 Å². The highest BCUT2D eigenvalue weighted by molar-refractivity contribution is 5.59. The van der Waals surface area contributed by atoms with Gasteiger partial charge in [-0.2, -0.15) is 5.26 Å². The molecule has 1 saturated heterocycles. The van der Waals surface area contributed by atoms with Gasteiger partial charge in [0.25, 0.3) is 5.69 Å². The van der Waals surface area contributed by atoms with Gasteiger partial charge in [0.15, 0.2) is 0 Å². The number of nitro benzene ring substituents is 1. The third kappa shape index (κ3) is 3.25. The maximum atomic E-state index is 10.9. The van der Waals surface area contributed by atoms with Gasteiger partial charge in [-0.25, -0.2) is 0 Å². The topological polar surface area (TPSA) is 88.2 Å². The zero-order valence-electron chi connectivity index (χ0n) is 11.5. The molecule has 1 fully saturated rings. The van der Waals surface area contributed by atoms with Crippen molar-refractivity contribution in [2.45, 2.75) is 38.3 Å². The summed E-state index contributed by atoms with van der Waals surface area (Å²) in [6.07, 6.45) is 1.69. The van der Waals surface area contributed by atoms with E-state index in [2.05, 4.69) is 5.32 Å². The first-order valence-corrected chi connectivity index (χ1v) is 6.50. The highest BCUT2D eigenvalue weighted by Gasteiger charge is 2.29. The van der Waals surface area contributed by atoms with Crippen LogP contribution in [-0.4, -0.2) is 23.2 Å². The fourth-order valence-electron chi connectivity index (χ4n) is 2.46. The maximum absolute atomic E-state index is 10.9. The molecule has 0 radical (unpaired) electrons. The number of nitro groups is 1. The number of nitrogens with zero attached hydrogens (tertiary/aromatic N) is 2. The number of nitriles is 1. The zero-order chi connectivity index (χ0) is 14.8. The van der Waals surface area contributed by atoms with Gasteiger partial charge in [-0.1, -0.05) is 0 Å². The molecular formula is C14H17N3O3. The fourth-order valence-corrected chi connectivity index (χ4v) is 2.46. The van der Waals surface area contributed by atoms with Gasteiger partial charge in [0.05, 0.1) is 10.5 Å². The van der Waals surface area contributed by atoms with E-state index in [0.29, 0.717) is 12.3 Å². The molecule has 0 spiro atoms. The van der Waals surface area contributed by atoms with Crippen LogP contribution in [0.2, 0.25) is 0 Å². The Labute approximate surface area is 117 Å². The minimum Gasteiger partial charge on any atom is -0.382 e. The Morgan fingerprint density at radius 1 is 1.55 bits per heavy atom. The molecule has 1 heterocycles. The summed E-state index contributed by atoms with van der Waals surface area (Å²) in [5.41, 5.74) is 0.393. The number of hydrogen-bond donors (Lipinski definition) is 1. The van der Waals surface area contributed by atoms with Crippen molar-refractivity contribution >= 4 is 11.4 Å². The highest BCUT2D eigenvalue weighted by Crippen LogP contribution is 2.28. The molecule has 1 atom stereocenters. The van der Waals surface area contributed by atoms with Crippen molar-refractivity contribution in [1.29, 1.82) is 5.26 Å². The van der Waals surface area contributed by atoms with Crippen LogP contribution in [0, 0.1) is 21.4 Å². The Morgan fingerprint density at radius 3 is 2.90 bits per heavy atom. The van der Waals surface area contributed by atoms with Crippen molar-refractivity contribution < 1.29 is 9.66 Å². The second-order valence-electron chi connectivity index (χ2n) is 5.54. The predicted octanol–water partition coefficient (Wildman–Crippen LogP) is 2.84. The number of ether oxygens (including phenoxy) is 1. The molecule has 1 N–H and O–H groups in total. The van der Waals surface area contributed by atoms with Crippen LogP contribution in [0.15, 0.2) is 18.2 Å². The normalized spacial score (nSPS) is 20.9. The standard InChI is InChI=1S/C14H17N3O3/c1-14(2)8-12(5-6-20-14)16-11-4-3-10(9-15)13(7-11)17(18)19/h3-4,7,12,16H,5-6,8H2,1-2H3. The van der Waals surface area contributed by atoms with Gasteiger partial charge in [-0.3, -0.25) is 10.1 Å². The molecule has 1 aromatic carbocycles. The average Bonchev–Trinajstić information content (AvgIpc) is 2.37. The molecule has 6 nitrogen and oxygen atoms in total. The van der Waals surface area contributed by atoms with Crippen molar-refractivity contribution in [2.24, 2.45) is 0 Å². The third-order valence-corrected chi connectivity index (χ3v) is 3.38. The molecule has 0 saturated carbocycles. The van der Waals surface area contributed by atoms with Gasteiger partial charge in [-0.15, -0.1) is 0 Å². The predicted molar refractivity (Wildman–Crippen MR) is 74.5 cm³/mol. The van der Waals surface area contributed by atoms with Crippen LogP contribution in [0.3, 0.4) is 0 Å². The lowest BCUT2D eigenvalue weighted by molar-refractivity contribution is -0.385. The molecule has 1 aliphatic heterocycles. The van der Waals surface area contributed by atoms with E-state index in [-0.39, 0.29) is 22.9 Å². The van der Waals surface area contributed by atoms with E-state index in [4.69, 9.17) is 10.00 Å². The fraction of sp³-hybridized carbons (Fsp3) is 0.500. The molecule has 1 aromatic rings. The Kier molecular flexibility index (Phi) is 3.91. The first-order chi connectivity index (χ1) is 9.41. The minimum atomic E-state index is -0.530. The molecule has 0 bridgehead atoms. The number of hydrogen-bond acceptors (Lipinski definition) is 5. The summed E-state index contributed by atoms with van der Waals surface area (Å²) >= 11 is 0. The van der Waals surface area contributed by atoms with Gasteiger partial charge in [0, 0.05) is 24.4 Å². The van der Waals surface area contributed by atoms with E-state index in [9.17, 15) is 10.1 Å². The Bertz CT molecular complexity index is 563. The average molecular weight is 275 g/mol. The molecule has 106 valence electrons. The van der Waals surface area contributed by atoms with Crippen LogP contribution < -0.4 is 5.32 Å². The number of nitrogens with one attached hydrogen (secondary N) is 1. The lowest BCUT2D eigenvalue weighted by Crippen LogP contribution is -2.40. The van der Waals surface area contributed by atoms with Gasteiger partial charge < -0.3 is 10.1 Å². The Morgan fingerprint density at radius 2 is 2.30 bits per heavy atom. The lowest BCUT2D eigenvalue weighted by Gasteiger charge is -2.36. The van der Waals surface area contributed by atoms with Gasteiger partial charge in [0.1, 0.15) is 11.6 Å². The summed E-state index contributed by atoms with van der Waals surface area (Å²) in [7, 11) is 0. The molecule has 0 amide bonds. The summed E-state index contributed by atoms with van der Waals surface area (Å²) in [5.74, 6) is 0. The third-order valence-electron chi connectivity index (χ3n) is 3.38. The monoisotopic (exact) mass is 275 g/mol. The maximum Gasteiger partial charge on any atom is 0.289 e. The summed E-state index contributed by atoms with van der Waals surface area (Å²) in [6, 6.07) is 6.64. The molecule has 0 aliphatic carbocycles. The number of anilines is 1. The van der Waals surface area contributed by atoms with E-state index in [1.807, 2.05) is 19.9 Å². The summed E-state index contributed by atoms with van der Waals surface area (Å²) < 4.78 is 5.64. The SMILES string of the molecule is CC1(C)CC(Nc2ccc(C#N)c([N+](=O)[O-])c2)CCO1. The van der Waals surface area contributed by atoms with Gasteiger partial charge >= 0.3 is 0 Å². The molecule has 1 aliphatic rings. The molecule has 6 heteroatoms. The second-order valence-corrected chi connectivity index (χ2v) is 5.54. The van der Waals surface area contributed by atoms with Gasteiger partial charge in [0.2, 0.25) is 0 Å². The van der Waals surface area contributed by atoms with Crippen LogP contribution in [0.5, 0.6) is 0 Å². The van der Waals surface area contributed by atoms with E-state index in [0.717, 1.165) is 12.8 Å². The minimum absolute atomic E-state index is 0.0767. The lowest BCUT2D eigenvalue weighted by atomic mass is 9.94. The van der Waals surface area contributed by atoms with Crippen LogP contribution in [0.1, 0.15) is 32.3 Å². The van der Waals surface area contributed by atoms with E-state index in [1.165, 1.54) is 12.1 Å². The summed E-state index contributed by atoms with van der Waals surface area (Å²) in [6.45, 7) is 4.73. The molecule has 1 unspecified atom stereocenters. The second kappa shape index (κ2) is 5.47. The van der Waals surface area contributed by atoms with Crippen molar-refractivity contribution in [2.75, 3.05) is 11.9 Å². The highest BCUT2D eigenvalue weighted by atomic mass is 16.6. The smallest absolute Gasteiger partial charge is 0.289 e. The first-order valence-electron chi connectivity index (χ1n) is 6.50. The Hall–Kier alpha value is -2.13. The zero-order valence-corrected chi connectivity index (χ0v) is 11.5. The van der Waals surface area contributed by atoms with Crippen LogP contribution in [-0.2, 0) is 4.74 Å². The largest absolute Gasteiger partial charge is 0.382 e. The molecule has 2 rings (SSSR count). The number of rotatable bonds is 3. The van der Waals surface area contributed by atoms with Crippen molar-refractivity contribution in [1.82, 2.24) is 0 Å².